The van der Waals surface area contributed by atoms with Crippen LogP contribution in [0.2, 0.25) is 5.02 Å². The van der Waals surface area contributed by atoms with Gasteiger partial charge in [-0.25, -0.2) is 0 Å². The number of ketones is 2. The second-order valence-corrected chi connectivity index (χ2v) is 4.49. The van der Waals surface area contributed by atoms with Crippen molar-refractivity contribution in [2.24, 2.45) is 5.92 Å². The maximum Gasteiger partial charge on any atom is 0.316 e. The SMILES string of the molecule is CCOC(=O)C(CC(=O)c1ccc(Cl)cc1)C(C)=O. The summed E-state index contributed by atoms with van der Waals surface area (Å²) in [5.41, 5.74) is 0.417. The summed E-state index contributed by atoms with van der Waals surface area (Å²) in [5, 5.41) is 0.519. The van der Waals surface area contributed by atoms with Gasteiger partial charge in [0.25, 0.3) is 0 Å². The molecule has 1 atom stereocenters. The van der Waals surface area contributed by atoms with Crippen LogP contribution < -0.4 is 0 Å². The van der Waals surface area contributed by atoms with E-state index in [-0.39, 0.29) is 24.6 Å². The first-order valence-corrected chi connectivity index (χ1v) is 6.29. The molecule has 0 heterocycles. The number of Topliss-reactive ketones (excluding diaryl/α,β-unsaturated/α-hetero) is 2. The zero-order valence-electron chi connectivity index (χ0n) is 10.8. The van der Waals surface area contributed by atoms with Crippen LogP contribution in [0.25, 0.3) is 0 Å². The third-order valence-corrected chi connectivity index (χ3v) is 2.87. The highest BCUT2D eigenvalue weighted by Gasteiger charge is 2.27. The molecule has 0 amide bonds. The Morgan fingerprint density at radius 3 is 2.26 bits per heavy atom. The normalized spacial score (nSPS) is 11.7. The predicted molar refractivity (Wildman–Crippen MR) is 71.2 cm³/mol. The fraction of sp³-hybridized carbons (Fsp3) is 0.357. The number of hydrogen-bond donors (Lipinski definition) is 0. The highest BCUT2D eigenvalue weighted by molar-refractivity contribution is 6.30. The van der Waals surface area contributed by atoms with Crippen molar-refractivity contribution in [3.05, 3.63) is 34.9 Å². The fourth-order valence-electron chi connectivity index (χ4n) is 1.57. The molecule has 1 rings (SSSR count). The van der Waals surface area contributed by atoms with Crippen LogP contribution in [0.15, 0.2) is 24.3 Å². The summed E-state index contributed by atoms with van der Waals surface area (Å²) in [6.45, 7) is 3.10. The summed E-state index contributed by atoms with van der Waals surface area (Å²) in [6.07, 6.45) is -0.185. The quantitative estimate of drug-likeness (QED) is 0.457. The van der Waals surface area contributed by atoms with E-state index in [0.717, 1.165) is 0 Å². The molecule has 102 valence electrons. The molecule has 0 bridgehead atoms. The van der Waals surface area contributed by atoms with E-state index in [1.54, 1.807) is 31.2 Å². The highest BCUT2D eigenvalue weighted by Crippen LogP contribution is 2.15. The second kappa shape index (κ2) is 7.04. The van der Waals surface area contributed by atoms with Crippen LogP contribution in [0.5, 0.6) is 0 Å². The van der Waals surface area contributed by atoms with Crippen LogP contribution in [-0.2, 0) is 14.3 Å². The summed E-state index contributed by atoms with van der Waals surface area (Å²) >= 11 is 5.72. The van der Waals surface area contributed by atoms with E-state index < -0.39 is 11.9 Å². The third-order valence-electron chi connectivity index (χ3n) is 2.62. The lowest BCUT2D eigenvalue weighted by molar-refractivity contribution is -0.151. The van der Waals surface area contributed by atoms with E-state index in [2.05, 4.69) is 0 Å². The third kappa shape index (κ3) is 4.48. The monoisotopic (exact) mass is 282 g/mol. The van der Waals surface area contributed by atoms with Crippen LogP contribution in [0, 0.1) is 5.92 Å². The maximum absolute atomic E-state index is 12.0. The molecule has 0 aromatic heterocycles. The lowest BCUT2D eigenvalue weighted by Crippen LogP contribution is -2.27. The Balaban J connectivity index is 2.79. The van der Waals surface area contributed by atoms with Gasteiger partial charge in [0.2, 0.25) is 0 Å². The van der Waals surface area contributed by atoms with Gasteiger partial charge in [-0.3, -0.25) is 14.4 Å². The predicted octanol–water partition coefficient (Wildman–Crippen LogP) is 2.68. The molecule has 4 nitrogen and oxygen atoms in total. The minimum Gasteiger partial charge on any atom is -0.465 e. The minimum atomic E-state index is -1.04. The van der Waals surface area contributed by atoms with Gasteiger partial charge in [0.1, 0.15) is 11.7 Å². The molecule has 0 aliphatic carbocycles. The maximum atomic E-state index is 12.0. The van der Waals surface area contributed by atoms with Crippen LogP contribution in [0.1, 0.15) is 30.6 Å². The molecule has 0 aliphatic heterocycles. The number of halogens is 1. The molecule has 5 heteroatoms. The van der Waals surface area contributed by atoms with Gasteiger partial charge in [0.15, 0.2) is 5.78 Å². The number of carbonyl (C=O) groups excluding carboxylic acids is 3. The molecule has 19 heavy (non-hydrogen) atoms. The first-order valence-electron chi connectivity index (χ1n) is 5.91. The van der Waals surface area contributed by atoms with Gasteiger partial charge in [-0.15, -0.1) is 0 Å². The number of ether oxygens (including phenoxy) is 1. The summed E-state index contributed by atoms with van der Waals surface area (Å²) in [5.74, 6) is -2.36. The van der Waals surface area contributed by atoms with Crippen molar-refractivity contribution in [3.8, 4) is 0 Å². The van der Waals surface area contributed by atoms with Gasteiger partial charge < -0.3 is 4.74 Å². The van der Waals surface area contributed by atoms with Gasteiger partial charge >= 0.3 is 5.97 Å². The van der Waals surface area contributed by atoms with Crippen molar-refractivity contribution in [2.45, 2.75) is 20.3 Å². The zero-order chi connectivity index (χ0) is 14.4. The Labute approximate surface area is 116 Å². The van der Waals surface area contributed by atoms with Crippen molar-refractivity contribution in [1.82, 2.24) is 0 Å². The van der Waals surface area contributed by atoms with E-state index in [4.69, 9.17) is 16.3 Å². The zero-order valence-corrected chi connectivity index (χ0v) is 11.6. The van der Waals surface area contributed by atoms with Crippen LogP contribution in [0.4, 0.5) is 0 Å². The molecule has 0 radical (unpaired) electrons. The average Bonchev–Trinajstić information content (AvgIpc) is 2.36. The van der Waals surface area contributed by atoms with Crippen molar-refractivity contribution in [3.63, 3.8) is 0 Å². The van der Waals surface area contributed by atoms with Crippen LogP contribution in [0.3, 0.4) is 0 Å². The minimum absolute atomic E-state index is 0.178. The van der Waals surface area contributed by atoms with Crippen molar-refractivity contribution in [1.29, 1.82) is 0 Å². The molecule has 1 unspecified atom stereocenters. The molecule has 0 fully saturated rings. The lowest BCUT2D eigenvalue weighted by atomic mass is 9.95. The largest absolute Gasteiger partial charge is 0.465 e. The second-order valence-electron chi connectivity index (χ2n) is 4.05. The molecule has 0 saturated heterocycles. The van der Waals surface area contributed by atoms with Gasteiger partial charge in [-0.1, -0.05) is 11.6 Å². The first-order chi connectivity index (χ1) is 8.95. The molecule has 0 spiro atoms. The first kappa shape index (κ1) is 15.4. The van der Waals surface area contributed by atoms with E-state index in [0.29, 0.717) is 10.6 Å². The summed E-state index contributed by atoms with van der Waals surface area (Å²) in [7, 11) is 0. The van der Waals surface area contributed by atoms with Crippen molar-refractivity contribution < 1.29 is 19.1 Å². The van der Waals surface area contributed by atoms with Crippen LogP contribution in [-0.4, -0.2) is 24.1 Å². The van der Waals surface area contributed by atoms with E-state index in [9.17, 15) is 14.4 Å². The Morgan fingerprint density at radius 1 is 1.21 bits per heavy atom. The summed E-state index contributed by atoms with van der Waals surface area (Å²) in [6, 6.07) is 6.30. The van der Waals surface area contributed by atoms with E-state index in [1.807, 2.05) is 0 Å². The standard InChI is InChI=1S/C14H15ClO4/c1-3-19-14(18)12(9(2)16)8-13(17)10-4-6-11(15)7-5-10/h4-7,12H,3,8H2,1-2H3. The van der Waals surface area contributed by atoms with Crippen molar-refractivity contribution in [2.75, 3.05) is 6.61 Å². The van der Waals surface area contributed by atoms with Gasteiger partial charge in [-0.2, -0.15) is 0 Å². The average molecular weight is 283 g/mol. The number of rotatable bonds is 6. The van der Waals surface area contributed by atoms with Gasteiger partial charge in [0, 0.05) is 17.0 Å². The molecule has 0 aliphatic rings. The number of esters is 1. The van der Waals surface area contributed by atoms with Gasteiger partial charge in [0.05, 0.1) is 6.61 Å². The Kier molecular flexibility index (Phi) is 5.70. The topological polar surface area (TPSA) is 60.4 Å². The number of benzene rings is 1. The molecule has 0 saturated carbocycles. The van der Waals surface area contributed by atoms with E-state index in [1.165, 1.54) is 6.92 Å². The molecular weight excluding hydrogens is 268 g/mol. The molecule has 1 aromatic carbocycles. The Morgan fingerprint density at radius 2 is 1.79 bits per heavy atom. The smallest absolute Gasteiger partial charge is 0.316 e. The van der Waals surface area contributed by atoms with Crippen molar-refractivity contribution >= 4 is 29.1 Å². The Bertz CT molecular complexity index is 479. The van der Waals surface area contributed by atoms with Gasteiger partial charge in [-0.05, 0) is 38.1 Å². The number of hydrogen-bond acceptors (Lipinski definition) is 4. The van der Waals surface area contributed by atoms with E-state index >= 15 is 0 Å². The molecule has 0 N–H and O–H groups in total. The summed E-state index contributed by atoms with van der Waals surface area (Å²) in [4.78, 5) is 35.0. The summed E-state index contributed by atoms with van der Waals surface area (Å²) < 4.78 is 4.79. The molecule has 1 aromatic rings. The molecular formula is C14H15ClO4. The van der Waals surface area contributed by atoms with Crippen LogP contribution >= 0.6 is 11.6 Å². The number of carbonyl (C=O) groups is 3. The lowest BCUT2D eigenvalue weighted by Gasteiger charge is -2.11. The highest BCUT2D eigenvalue weighted by atomic mass is 35.5. The Hall–Kier alpha value is -1.68. The fourth-order valence-corrected chi connectivity index (χ4v) is 1.70.